The van der Waals surface area contributed by atoms with E-state index in [-0.39, 0.29) is 11.1 Å². The summed E-state index contributed by atoms with van der Waals surface area (Å²) in [6.07, 6.45) is 10.3. The molecule has 1 unspecified atom stereocenters. The third kappa shape index (κ3) is 8.19. The molecule has 0 bridgehead atoms. The summed E-state index contributed by atoms with van der Waals surface area (Å²) in [4.78, 5) is 22.7. The van der Waals surface area contributed by atoms with E-state index in [4.69, 9.17) is 5.11 Å². The van der Waals surface area contributed by atoms with Crippen molar-refractivity contribution < 1.29 is 30.0 Å². The zero-order chi connectivity index (χ0) is 21.1. The molecule has 6 heteroatoms. The first-order valence-electron chi connectivity index (χ1n) is 10.3. The molecule has 28 heavy (non-hydrogen) atoms. The standard InChI is InChI=1S/C22H34O6/c1-15(2)11-9-7-5-3-4-6-8-10-12-17(22(27)28)18-13-16(21(25)26)14-19(23)20(18)24/h13-15,17,23-24H,3-12H2,1-2H3,(H,25,26)(H,27,28). The Morgan fingerprint density at radius 2 is 1.32 bits per heavy atom. The van der Waals surface area contributed by atoms with E-state index in [9.17, 15) is 24.9 Å². The molecule has 0 radical (unpaired) electrons. The van der Waals surface area contributed by atoms with Gasteiger partial charge in [-0.25, -0.2) is 4.79 Å². The summed E-state index contributed by atoms with van der Waals surface area (Å²) in [5.74, 6) is -3.87. The van der Waals surface area contributed by atoms with E-state index in [2.05, 4.69) is 13.8 Å². The van der Waals surface area contributed by atoms with Gasteiger partial charge in [0.1, 0.15) is 0 Å². The van der Waals surface area contributed by atoms with Crippen molar-refractivity contribution in [2.24, 2.45) is 5.92 Å². The molecule has 0 spiro atoms. The van der Waals surface area contributed by atoms with Crippen molar-refractivity contribution in [2.75, 3.05) is 0 Å². The van der Waals surface area contributed by atoms with Gasteiger partial charge in [-0.3, -0.25) is 4.79 Å². The first kappa shape index (κ1) is 23.8. The van der Waals surface area contributed by atoms with Gasteiger partial charge in [0.05, 0.1) is 11.5 Å². The van der Waals surface area contributed by atoms with Gasteiger partial charge < -0.3 is 20.4 Å². The number of carboxylic acid groups (broad SMARTS) is 2. The molecule has 6 nitrogen and oxygen atoms in total. The summed E-state index contributed by atoms with van der Waals surface area (Å²) in [6, 6.07) is 2.05. The minimum absolute atomic E-state index is 0.0462. The summed E-state index contributed by atoms with van der Waals surface area (Å²) >= 11 is 0. The molecule has 0 aliphatic rings. The normalized spacial score (nSPS) is 12.2. The maximum absolute atomic E-state index is 11.6. The van der Waals surface area contributed by atoms with E-state index in [1.165, 1.54) is 32.1 Å². The summed E-state index contributed by atoms with van der Waals surface area (Å²) in [7, 11) is 0. The summed E-state index contributed by atoms with van der Waals surface area (Å²) in [5, 5.41) is 38.3. The molecular weight excluding hydrogens is 360 g/mol. The van der Waals surface area contributed by atoms with Crippen LogP contribution in [0.4, 0.5) is 0 Å². The van der Waals surface area contributed by atoms with Gasteiger partial charge in [0.25, 0.3) is 0 Å². The number of aromatic carboxylic acids is 1. The van der Waals surface area contributed by atoms with E-state index < -0.39 is 29.4 Å². The summed E-state index contributed by atoms with van der Waals surface area (Å²) < 4.78 is 0. The van der Waals surface area contributed by atoms with Gasteiger partial charge >= 0.3 is 11.9 Å². The Hall–Kier alpha value is -2.24. The molecule has 1 aromatic rings. The first-order chi connectivity index (χ1) is 13.2. The summed E-state index contributed by atoms with van der Waals surface area (Å²) in [6.45, 7) is 4.48. The van der Waals surface area contributed by atoms with Crippen molar-refractivity contribution >= 4 is 11.9 Å². The van der Waals surface area contributed by atoms with Crippen LogP contribution in [-0.4, -0.2) is 32.4 Å². The van der Waals surface area contributed by atoms with Crippen LogP contribution in [0.3, 0.4) is 0 Å². The lowest BCUT2D eigenvalue weighted by molar-refractivity contribution is -0.139. The Morgan fingerprint density at radius 3 is 1.79 bits per heavy atom. The number of phenolic OH excluding ortho intramolecular Hbond substituents is 2. The molecule has 1 atom stereocenters. The topological polar surface area (TPSA) is 115 Å². The van der Waals surface area contributed by atoms with Gasteiger partial charge in [0.2, 0.25) is 0 Å². The number of hydrogen-bond acceptors (Lipinski definition) is 4. The Bertz CT molecular complexity index is 638. The van der Waals surface area contributed by atoms with Crippen LogP contribution >= 0.6 is 0 Å². The second-order valence-corrected chi connectivity index (χ2v) is 7.93. The van der Waals surface area contributed by atoms with Crippen molar-refractivity contribution in [1.29, 1.82) is 0 Å². The number of benzene rings is 1. The van der Waals surface area contributed by atoms with Crippen LogP contribution in [0.5, 0.6) is 11.5 Å². The lowest BCUT2D eigenvalue weighted by atomic mass is 9.90. The van der Waals surface area contributed by atoms with Gasteiger partial charge in [0.15, 0.2) is 11.5 Å². The molecule has 0 aliphatic carbocycles. The highest BCUT2D eigenvalue weighted by Gasteiger charge is 2.26. The molecular formula is C22H34O6. The maximum atomic E-state index is 11.6. The molecule has 0 fully saturated rings. The third-order valence-corrected chi connectivity index (χ3v) is 5.06. The first-order valence-corrected chi connectivity index (χ1v) is 10.3. The quantitative estimate of drug-likeness (QED) is 0.244. The highest BCUT2D eigenvalue weighted by atomic mass is 16.4. The molecule has 0 aromatic heterocycles. The number of hydrogen-bond donors (Lipinski definition) is 4. The predicted molar refractivity (Wildman–Crippen MR) is 108 cm³/mol. The fourth-order valence-corrected chi connectivity index (χ4v) is 3.40. The van der Waals surface area contributed by atoms with Crippen LogP contribution in [-0.2, 0) is 4.79 Å². The van der Waals surface area contributed by atoms with E-state index >= 15 is 0 Å². The van der Waals surface area contributed by atoms with Crippen LogP contribution < -0.4 is 0 Å². The van der Waals surface area contributed by atoms with Crippen LogP contribution in [0.1, 0.15) is 99.9 Å². The second kappa shape index (κ2) is 12.3. The molecule has 0 saturated carbocycles. The maximum Gasteiger partial charge on any atom is 0.335 e. The molecule has 1 rings (SSSR count). The van der Waals surface area contributed by atoms with Gasteiger partial charge in [-0.05, 0) is 24.5 Å². The largest absolute Gasteiger partial charge is 0.504 e. The predicted octanol–water partition coefficient (Wildman–Crippen LogP) is 5.52. The second-order valence-electron chi connectivity index (χ2n) is 7.93. The van der Waals surface area contributed by atoms with E-state index in [0.717, 1.165) is 37.3 Å². The number of carbonyl (C=O) groups is 2. The number of aliphatic carboxylic acids is 1. The molecule has 0 aliphatic heterocycles. The van der Waals surface area contributed by atoms with Gasteiger partial charge in [-0.1, -0.05) is 71.6 Å². The molecule has 0 heterocycles. The number of aromatic hydroxyl groups is 2. The van der Waals surface area contributed by atoms with E-state index in [1.807, 2.05) is 0 Å². The molecule has 0 saturated heterocycles. The fourth-order valence-electron chi connectivity index (χ4n) is 3.40. The lowest BCUT2D eigenvalue weighted by Gasteiger charge is -2.16. The average Bonchev–Trinajstić information content (AvgIpc) is 2.61. The highest BCUT2D eigenvalue weighted by molar-refractivity contribution is 5.90. The van der Waals surface area contributed by atoms with Crippen molar-refractivity contribution in [3.8, 4) is 11.5 Å². The monoisotopic (exact) mass is 394 g/mol. The zero-order valence-electron chi connectivity index (χ0n) is 17.0. The molecule has 158 valence electrons. The van der Waals surface area contributed by atoms with Crippen LogP contribution in [0.15, 0.2) is 12.1 Å². The molecule has 4 N–H and O–H groups in total. The smallest absolute Gasteiger partial charge is 0.335 e. The number of phenols is 2. The highest BCUT2D eigenvalue weighted by Crippen LogP contribution is 2.37. The number of rotatable bonds is 14. The van der Waals surface area contributed by atoms with E-state index in [0.29, 0.717) is 12.8 Å². The zero-order valence-corrected chi connectivity index (χ0v) is 17.0. The third-order valence-electron chi connectivity index (χ3n) is 5.06. The van der Waals surface area contributed by atoms with Crippen LogP contribution in [0.25, 0.3) is 0 Å². The average molecular weight is 395 g/mol. The lowest BCUT2D eigenvalue weighted by Crippen LogP contribution is -2.13. The SMILES string of the molecule is CC(C)CCCCCCCCCCC(C(=O)O)c1cc(C(=O)O)cc(O)c1O. The van der Waals surface area contributed by atoms with Crippen molar-refractivity contribution in [1.82, 2.24) is 0 Å². The Morgan fingerprint density at radius 1 is 0.821 bits per heavy atom. The van der Waals surface area contributed by atoms with Crippen LogP contribution in [0, 0.1) is 5.92 Å². The van der Waals surface area contributed by atoms with Gasteiger partial charge in [0, 0.05) is 5.56 Å². The Labute approximate surface area is 167 Å². The Balaban J connectivity index is 2.45. The molecule has 1 aromatic carbocycles. The minimum Gasteiger partial charge on any atom is -0.504 e. The number of carboxylic acids is 2. The number of unbranched alkanes of at least 4 members (excludes halogenated alkanes) is 7. The van der Waals surface area contributed by atoms with E-state index in [1.54, 1.807) is 0 Å². The molecule has 0 amide bonds. The van der Waals surface area contributed by atoms with Crippen molar-refractivity contribution in [2.45, 2.75) is 84.0 Å². The van der Waals surface area contributed by atoms with Gasteiger partial charge in [-0.2, -0.15) is 0 Å². The van der Waals surface area contributed by atoms with Crippen molar-refractivity contribution in [3.05, 3.63) is 23.3 Å². The van der Waals surface area contributed by atoms with Crippen molar-refractivity contribution in [3.63, 3.8) is 0 Å². The van der Waals surface area contributed by atoms with Crippen LogP contribution in [0.2, 0.25) is 0 Å². The minimum atomic E-state index is -1.28. The fraction of sp³-hybridized carbons (Fsp3) is 0.636. The summed E-state index contributed by atoms with van der Waals surface area (Å²) in [5.41, 5.74) is -0.288. The Kier molecular flexibility index (Phi) is 10.4. The van der Waals surface area contributed by atoms with Gasteiger partial charge in [-0.15, -0.1) is 0 Å².